The van der Waals surface area contributed by atoms with E-state index in [0.717, 1.165) is 12.2 Å². The molecule has 1 rings (SSSR count). The minimum atomic E-state index is -0.695. The first-order valence-electron chi connectivity index (χ1n) is 2.35. The van der Waals surface area contributed by atoms with Gasteiger partial charge < -0.3 is 11.8 Å². The fourth-order valence-electron chi connectivity index (χ4n) is 0.437. The van der Waals surface area contributed by atoms with E-state index in [1.54, 1.807) is 0 Å². The van der Waals surface area contributed by atoms with Gasteiger partial charge in [-0.15, -0.1) is 5.88 Å². The van der Waals surface area contributed by atoms with Gasteiger partial charge in [0.15, 0.2) is 0 Å². The molecule has 0 unspecified atom stereocenters. The van der Waals surface area contributed by atoms with E-state index in [2.05, 4.69) is 9.97 Å². The van der Waals surface area contributed by atoms with Crippen molar-refractivity contribution in [3.63, 3.8) is 0 Å². The van der Waals surface area contributed by atoms with Crippen LogP contribution in [0.15, 0.2) is 6.33 Å². The fourth-order valence-corrected chi connectivity index (χ4v) is 0.729. The van der Waals surface area contributed by atoms with Crippen LogP contribution >= 0.6 is 23.2 Å². The molecule has 1 heterocycles. The van der Waals surface area contributed by atoms with Crippen LogP contribution < -0.4 is 0 Å². The maximum atomic E-state index is 12.6. The Hall–Kier alpha value is 0.0834. The van der Waals surface area contributed by atoms with Crippen molar-refractivity contribution in [1.82, 2.24) is 9.97 Å². The molecular weight excluding hydrogens is 255 g/mol. The van der Waals surface area contributed by atoms with Crippen LogP contribution in [-0.2, 0) is 19.5 Å². The van der Waals surface area contributed by atoms with Crippen molar-refractivity contribution in [2.24, 2.45) is 0 Å². The first kappa shape index (κ1) is 14.6. The summed E-state index contributed by atoms with van der Waals surface area (Å²) in [6.45, 7) is 0. The summed E-state index contributed by atoms with van der Waals surface area (Å²) in [5, 5.41) is -0.220. The van der Waals surface area contributed by atoms with Crippen LogP contribution in [0.4, 0.5) is 4.39 Å². The average Bonchev–Trinajstić information content (AvgIpc) is 1.95. The van der Waals surface area contributed by atoms with Gasteiger partial charge in [0.1, 0.15) is 6.33 Å². The SMILES string of the molecule is Fc1c(Cl)ncnc1[CH-]Cl.[CH3-].[Zn+2]. The summed E-state index contributed by atoms with van der Waals surface area (Å²) >= 11 is 10.5. The molecular formula is C6H5Cl2FN2Zn. The van der Waals surface area contributed by atoms with Crippen LogP contribution in [0.2, 0.25) is 5.15 Å². The predicted molar refractivity (Wildman–Crippen MR) is 42.7 cm³/mol. The molecule has 1 aromatic rings. The molecule has 0 bridgehead atoms. The summed E-state index contributed by atoms with van der Waals surface area (Å²) < 4.78 is 12.6. The van der Waals surface area contributed by atoms with Gasteiger partial charge in [0.2, 0.25) is 0 Å². The second-order valence-corrected chi connectivity index (χ2v) is 2.05. The van der Waals surface area contributed by atoms with Gasteiger partial charge in [-0.3, -0.25) is 4.98 Å². The molecule has 0 N–H and O–H groups in total. The Morgan fingerprint density at radius 1 is 1.42 bits per heavy atom. The van der Waals surface area contributed by atoms with E-state index in [1.165, 1.54) is 0 Å². The molecule has 0 saturated heterocycles. The largest absolute Gasteiger partial charge is 2.00 e. The van der Waals surface area contributed by atoms with E-state index >= 15 is 0 Å². The Morgan fingerprint density at radius 2 is 2.00 bits per heavy atom. The average molecular weight is 260 g/mol. The number of rotatable bonds is 1. The molecule has 0 saturated carbocycles. The number of nitrogens with zero attached hydrogens (tertiary/aromatic N) is 2. The molecule has 0 aliphatic rings. The van der Waals surface area contributed by atoms with E-state index in [-0.39, 0.29) is 37.8 Å². The third-order valence-corrected chi connectivity index (χ3v) is 1.35. The van der Waals surface area contributed by atoms with Crippen molar-refractivity contribution < 1.29 is 23.9 Å². The van der Waals surface area contributed by atoms with Crippen molar-refractivity contribution in [2.45, 2.75) is 0 Å². The van der Waals surface area contributed by atoms with Gasteiger partial charge in [0.05, 0.1) is 5.15 Å². The van der Waals surface area contributed by atoms with Crippen molar-refractivity contribution in [1.29, 1.82) is 0 Å². The first-order chi connectivity index (χ1) is 4.75. The number of hydrogen-bond acceptors (Lipinski definition) is 2. The Bertz CT molecular complexity index is 247. The summed E-state index contributed by atoms with van der Waals surface area (Å²) in [6.07, 6.45) is 1.14. The second-order valence-electron chi connectivity index (χ2n) is 1.47. The molecule has 0 aromatic carbocycles. The molecule has 0 spiro atoms. The van der Waals surface area contributed by atoms with E-state index in [0.29, 0.717) is 0 Å². The molecule has 12 heavy (non-hydrogen) atoms. The molecule has 0 amide bonds. The first-order valence-corrected chi connectivity index (χ1v) is 3.16. The van der Waals surface area contributed by atoms with Gasteiger partial charge in [0.25, 0.3) is 0 Å². The Kier molecular flexibility index (Phi) is 8.01. The molecule has 62 valence electrons. The van der Waals surface area contributed by atoms with Gasteiger partial charge in [-0.25, -0.2) is 16.6 Å². The summed E-state index contributed by atoms with van der Waals surface area (Å²) in [5.74, 6) is 0.308. The van der Waals surface area contributed by atoms with Crippen LogP contribution in [0.3, 0.4) is 0 Å². The molecule has 0 atom stereocenters. The smallest absolute Gasteiger partial charge is 0.358 e. The second kappa shape index (κ2) is 6.58. The van der Waals surface area contributed by atoms with Crippen LogP contribution in [0.1, 0.15) is 5.69 Å². The molecule has 1 aromatic heterocycles. The van der Waals surface area contributed by atoms with E-state index in [9.17, 15) is 4.39 Å². The quantitative estimate of drug-likeness (QED) is 0.440. The van der Waals surface area contributed by atoms with Crippen LogP contribution in [0, 0.1) is 19.1 Å². The predicted octanol–water partition coefficient (Wildman–Crippen LogP) is 2.47. The molecule has 0 aliphatic heterocycles. The van der Waals surface area contributed by atoms with Crippen LogP contribution in [-0.4, -0.2) is 9.97 Å². The van der Waals surface area contributed by atoms with E-state index in [4.69, 9.17) is 23.2 Å². The fraction of sp³-hybridized carbons (Fsp3) is 0. The summed E-state index contributed by atoms with van der Waals surface area (Å²) in [4.78, 5) is 6.89. The molecule has 0 aliphatic carbocycles. The summed E-state index contributed by atoms with van der Waals surface area (Å²) in [5.41, 5.74) is 0.00154. The third kappa shape index (κ3) is 3.22. The Morgan fingerprint density at radius 3 is 2.42 bits per heavy atom. The Balaban J connectivity index is 0. The summed E-state index contributed by atoms with van der Waals surface area (Å²) in [6, 6.07) is 0. The van der Waals surface area contributed by atoms with Gasteiger partial charge >= 0.3 is 19.5 Å². The monoisotopic (exact) mass is 258 g/mol. The molecule has 6 heteroatoms. The van der Waals surface area contributed by atoms with Crippen molar-refractivity contribution in [3.05, 3.63) is 36.3 Å². The van der Waals surface area contributed by atoms with Gasteiger partial charge in [-0.1, -0.05) is 11.6 Å². The standard InChI is InChI=1S/C5H2Cl2FN2.CH3.Zn/c6-1-3-4(8)5(7)10-2-9-3;;/h1-2H;1H3;/q2*-1;+2. The van der Waals surface area contributed by atoms with Crippen LogP contribution in [0.25, 0.3) is 0 Å². The number of halogens is 3. The van der Waals surface area contributed by atoms with Crippen molar-refractivity contribution in [2.75, 3.05) is 0 Å². The minimum Gasteiger partial charge on any atom is -0.358 e. The Labute approximate surface area is 93.3 Å². The van der Waals surface area contributed by atoms with Crippen molar-refractivity contribution in [3.8, 4) is 0 Å². The van der Waals surface area contributed by atoms with Crippen molar-refractivity contribution >= 4 is 23.2 Å². The zero-order valence-electron chi connectivity index (χ0n) is 6.39. The van der Waals surface area contributed by atoms with Gasteiger partial charge in [0, 0.05) is 5.82 Å². The normalized spacial score (nSPS) is 7.92. The minimum absolute atomic E-state index is 0. The third-order valence-electron chi connectivity index (χ3n) is 0.877. The zero-order chi connectivity index (χ0) is 7.56. The summed E-state index contributed by atoms with van der Waals surface area (Å²) in [7, 11) is 0. The van der Waals surface area contributed by atoms with Gasteiger partial charge in [-0.2, -0.15) is 0 Å². The number of hydrogen-bond donors (Lipinski definition) is 0. The topological polar surface area (TPSA) is 25.8 Å². The van der Waals surface area contributed by atoms with Crippen LogP contribution in [0.5, 0.6) is 0 Å². The zero-order valence-corrected chi connectivity index (χ0v) is 10.9. The maximum Gasteiger partial charge on any atom is 2.00 e. The maximum absolute atomic E-state index is 12.6. The number of aromatic nitrogens is 2. The molecule has 0 radical (unpaired) electrons. The molecule has 0 fully saturated rings. The van der Waals surface area contributed by atoms with Gasteiger partial charge in [-0.05, 0) is 5.69 Å². The molecule has 2 nitrogen and oxygen atoms in total. The van der Waals surface area contributed by atoms with E-state index < -0.39 is 5.82 Å². The van der Waals surface area contributed by atoms with E-state index in [1.807, 2.05) is 0 Å².